The number of carbonyl (C=O) groups excluding carboxylic acids is 1. The van der Waals surface area contributed by atoms with Gasteiger partial charge in [0.15, 0.2) is 0 Å². The summed E-state index contributed by atoms with van der Waals surface area (Å²) in [4.78, 5) is 17.6. The molecule has 28 heavy (non-hydrogen) atoms. The van der Waals surface area contributed by atoms with E-state index in [4.69, 9.17) is 27.9 Å². The number of fused-ring (bicyclic) bond motifs is 1. The van der Waals surface area contributed by atoms with Crippen LogP contribution in [0.4, 0.5) is 0 Å². The molecule has 0 bridgehead atoms. The maximum absolute atomic E-state index is 13.0. The third-order valence-corrected chi connectivity index (χ3v) is 5.23. The number of nitrogens with zero attached hydrogens (tertiary/aromatic N) is 1. The molecular formula is C22H12BrCl2NO2. The van der Waals surface area contributed by atoms with E-state index in [9.17, 15) is 4.79 Å². The van der Waals surface area contributed by atoms with E-state index >= 15 is 0 Å². The molecular weight excluding hydrogens is 461 g/mol. The minimum atomic E-state index is -0.513. The molecule has 0 amide bonds. The molecule has 0 radical (unpaired) electrons. The van der Waals surface area contributed by atoms with E-state index in [1.54, 1.807) is 18.2 Å². The Balaban J connectivity index is 1.80. The van der Waals surface area contributed by atoms with Crippen molar-refractivity contribution in [3.05, 3.63) is 92.9 Å². The van der Waals surface area contributed by atoms with Gasteiger partial charge in [-0.1, -0.05) is 69.5 Å². The van der Waals surface area contributed by atoms with Gasteiger partial charge >= 0.3 is 5.97 Å². The van der Waals surface area contributed by atoms with Gasteiger partial charge in [0.1, 0.15) is 5.75 Å². The molecule has 3 nitrogen and oxygen atoms in total. The second-order valence-electron chi connectivity index (χ2n) is 6.04. The highest BCUT2D eigenvalue weighted by Crippen LogP contribution is 2.30. The van der Waals surface area contributed by atoms with Crippen molar-refractivity contribution in [2.75, 3.05) is 0 Å². The van der Waals surface area contributed by atoms with Crippen molar-refractivity contribution < 1.29 is 9.53 Å². The molecule has 0 aliphatic heterocycles. The largest absolute Gasteiger partial charge is 0.421 e. The van der Waals surface area contributed by atoms with E-state index in [1.807, 2.05) is 48.5 Å². The first-order valence-corrected chi connectivity index (χ1v) is 9.89. The lowest BCUT2D eigenvalue weighted by molar-refractivity contribution is 0.0737. The summed E-state index contributed by atoms with van der Waals surface area (Å²) in [5.41, 5.74) is 2.69. The molecule has 4 rings (SSSR count). The number of pyridine rings is 1. The Bertz CT molecular complexity index is 1190. The highest BCUT2D eigenvalue weighted by molar-refractivity contribution is 9.10. The van der Waals surface area contributed by atoms with E-state index in [0.717, 1.165) is 10.0 Å². The van der Waals surface area contributed by atoms with Crippen LogP contribution in [-0.4, -0.2) is 11.0 Å². The first-order valence-electron chi connectivity index (χ1n) is 8.34. The fourth-order valence-electron chi connectivity index (χ4n) is 2.83. The van der Waals surface area contributed by atoms with Crippen LogP contribution in [0, 0.1) is 0 Å². The van der Waals surface area contributed by atoms with Crippen LogP contribution >= 0.6 is 39.1 Å². The van der Waals surface area contributed by atoms with Gasteiger partial charge in [0.25, 0.3) is 0 Å². The maximum Gasteiger partial charge on any atom is 0.344 e. The number of hydrogen-bond acceptors (Lipinski definition) is 3. The van der Waals surface area contributed by atoms with E-state index < -0.39 is 5.97 Å². The number of aromatic nitrogens is 1. The molecule has 138 valence electrons. The van der Waals surface area contributed by atoms with E-state index in [-0.39, 0.29) is 10.8 Å². The Hall–Kier alpha value is -2.40. The molecule has 0 atom stereocenters. The molecule has 1 aromatic heterocycles. The average molecular weight is 473 g/mol. The summed E-state index contributed by atoms with van der Waals surface area (Å²) in [6.45, 7) is 0. The number of para-hydroxylation sites is 1. The number of ether oxygens (including phenoxy) is 1. The predicted octanol–water partition coefficient (Wildman–Crippen LogP) is 7.19. The summed E-state index contributed by atoms with van der Waals surface area (Å²) in [7, 11) is 0. The Morgan fingerprint density at radius 3 is 2.43 bits per heavy atom. The van der Waals surface area contributed by atoms with Crippen LogP contribution in [0.2, 0.25) is 10.0 Å². The van der Waals surface area contributed by atoms with Crippen LogP contribution in [0.5, 0.6) is 5.75 Å². The van der Waals surface area contributed by atoms with Gasteiger partial charge < -0.3 is 4.74 Å². The van der Waals surface area contributed by atoms with E-state index in [1.165, 1.54) is 6.07 Å². The molecule has 0 unspecified atom stereocenters. The van der Waals surface area contributed by atoms with Crippen LogP contribution in [0.15, 0.2) is 77.3 Å². The first-order chi connectivity index (χ1) is 13.5. The SMILES string of the molecule is O=C(Oc1ccc(Cl)cc1Cl)c1cc(-c2ccc(Br)cc2)nc2ccccc12. The highest BCUT2D eigenvalue weighted by atomic mass is 79.9. The van der Waals surface area contributed by atoms with Gasteiger partial charge in [-0.25, -0.2) is 9.78 Å². The highest BCUT2D eigenvalue weighted by Gasteiger charge is 2.17. The standard InChI is InChI=1S/C22H12BrCl2NO2/c23-14-7-5-13(6-8-14)20-12-17(16-3-1-2-4-19(16)26-20)22(27)28-21-10-9-15(24)11-18(21)25/h1-12H. The first kappa shape index (κ1) is 18.9. The van der Waals surface area contributed by atoms with Gasteiger partial charge in [-0.15, -0.1) is 0 Å². The Morgan fingerprint density at radius 2 is 1.68 bits per heavy atom. The molecule has 0 N–H and O–H groups in total. The fraction of sp³-hybridized carbons (Fsp3) is 0. The van der Waals surface area contributed by atoms with Gasteiger partial charge in [0.2, 0.25) is 0 Å². The molecule has 4 aromatic rings. The zero-order valence-corrected chi connectivity index (χ0v) is 17.4. The minimum absolute atomic E-state index is 0.252. The zero-order valence-electron chi connectivity index (χ0n) is 14.3. The second kappa shape index (κ2) is 7.92. The number of benzene rings is 3. The van der Waals surface area contributed by atoms with Crippen molar-refractivity contribution in [1.29, 1.82) is 0 Å². The summed E-state index contributed by atoms with van der Waals surface area (Å²) >= 11 is 15.5. The average Bonchev–Trinajstić information content (AvgIpc) is 2.69. The summed E-state index contributed by atoms with van der Waals surface area (Å²) in [5.74, 6) is -0.261. The lowest BCUT2D eigenvalue weighted by Crippen LogP contribution is -2.10. The normalized spacial score (nSPS) is 10.8. The number of hydrogen-bond donors (Lipinski definition) is 0. The van der Waals surface area contributed by atoms with Crippen LogP contribution in [0.25, 0.3) is 22.2 Å². The third-order valence-electron chi connectivity index (χ3n) is 4.17. The monoisotopic (exact) mass is 471 g/mol. The summed E-state index contributed by atoms with van der Waals surface area (Å²) in [5, 5.41) is 1.45. The van der Waals surface area contributed by atoms with Crippen molar-refractivity contribution in [1.82, 2.24) is 4.98 Å². The van der Waals surface area contributed by atoms with Crippen molar-refractivity contribution >= 4 is 56.0 Å². The molecule has 3 aromatic carbocycles. The van der Waals surface area contributed by atoms with Crippen LogP contribution < -0.4 is 4.74 Å². The summed E-state index contributed by atoms with van der Waals surface area (Å²) in [6.07, 6.45) is 0. The Morgan fingerprint density at radius 1 is 0.929 bits per heavy atom. The number of halogens is 3. The second-order valence-corrected chi connectivity index (χ2v) is 7.80. The van der Waals surface area contributed by atoms with Crippen molar-refractivity contribution in [2.45, 2.75) is 0 Å². The van der Waals surface area contributed by atoms with Crippen LogP contribution in [-0.2, 0) is 0 Å². The topological polar surface area (TPSA) is 39.2 Å². The van der Waals surface area contributed by atoms with Gasteiger partial charge in [0.05, 0.1) is 21.8 Å². The maximum atomic E-state index is 13.0. The minimum Gasteiger partial charge on any atom is -0.421 e. The van der Waals surface area contributed by atoms with Gasteiger partial charge in [-0.2, -0.15) is 0 Å². The van der Waals surface area contributed by atoms with Gasteiger partial charge in [-0.05, 0) is 42.5 Å². The van der Waals surface area contributed by atoms with Crippen molar-refractivity contribution in [3.8, 4) is 17.0 Å². The van der Waals surface area contributed by atoms with Gasteiger partial charge in [0, 0.05) is 20.4 Å². The van der Waals surface area contributed by atoms with Gasteiger partial charge in [-0.3, -0.25) is 0 Å². The number of carbonyl (C=O) groups is 1. The summed E-state index contributed by atoms with van der Waals surface area (Å²) < 4.78 is 6.51. The quantitative estimate of drug-likeness (QED) is 0.234. The molecule has 0 aliphatic carbocycles. The van der Waals surface area contributed by atoms with Crippen LogP contribution in [0.3, 0.4) is 0 Å². The predicted molar refractivity (Wildman–Crippen MR) is 116 cm³/mol. The fourth-order valence-corrected chi connectivity index (χ4v) is 3.54. The third kappa shape index (κ3) is 3.90. The van der Waals surface area contributed by atoms with E-state index in [0.29, 0.717) is 27.2 Å². The summed E-state index contributed by atoms with van der Waals surface area (Å²) in [6, 6.07) is 21.6. The molecule has 0 spiro atoms. The molecule has 0 aliphatic rings. The zero-order chi connectivity index (χ0) is 19.7. The number of rotatable bonds is 3. The van der Waals surface area contributed by atoms with Crippen LogP contribution in [0.1, 0.15) is 10.4 Å². The lowest BCUT2D eigenvalue weighted by atomic mass is 10.0. The Kier molecular flexibility index (Phi) is 5.36. The van der Waals surface area contributed by atoms with Crippen molar-refractivity contribution in [2.24, 2.45) is 0 Å². The van der Waals surface area contributed by atoms with E-state index in [2.05, 4.69) is 20.9 Å². The van der Waals surface area contributed by atoms with Crippen molar-refractivity contribution in [3.63, 3.8) is 0 Å². The molecule has 6 heteroatoms. The molecule has 0 saturated heterocycles. The number of esters is 1. The lowest BCUT2D eigenvalue weighted by Gasteiger charge is -2.11. The molecule has 1 heterocycles. The smallest absolute Gasteiger partial charge is 0.344 e. The molecule has 0 fully saturated rings. The molecule has 0 saturated carbocycles. The Labute approximate surface area is 180 Å².